The van der Waals surface area contributed by atoms with E-state index in [4.69, 9.17) is 18.9 Å². The number of allylic oxidation sites excluding steroid dienone is 1. The van der Waals surface area contributed by atoms with Gasteiger partial charge in [0, 0.05) is 16.8 Å². The third kappa shape index (κ3) is 3.78. The molecule has 26 heavy (non-hydrogen) atoms. The molecule has 0 bridgehead atoms. The van der Waals surface area contributed by atoms with Crippen molar-refractivity contribution in [3.8, 4) is 11.5 Å². The average Bonchev–Trinajstić information content (AvgIpc) is 3.04. The third-order valence-corrected chi connectivity index (χ3v) is 4.64. The fourth-order valence-corrected chi connectivity index (χ4v) is 3.32. The number of hydrogen-bond donors (Lipinski definition) is 2. The van der Waals surface area contributed by atoms with Gasteiger partial charge in [0.1, 0.15) is 6.61 Å². The van der Waals surface area contributed by atoms with Crippen LogP contribution in [0, 0.1) is 0 Å². The number of hydrogen-bond acceptors (Lipinski definition) is 6. The summed E-state index contributed by atoms with van der Waals surface area (Å²) in [6.07, 6.45) is 0. The number of urea groups is 1. The van der Waals surface area contributed by atoms with Gasteiger partial charge in [-0.25, -0.2) is 9.59 Å². The van der Waals surface area contributed by atoms with Gasteiger partial charge in [-0.15, -0.1) is 0 Å². The molecule has 140 valence electrons. The first-order valence-corrected chi connectivity index (χ1v) is 8.92. The Morgan fingerprint density at radius 2 is 2.04 bits per heavy atom. The minimum Gasteiger partial charge on any atom is -0.460 e. The van der Waals surface area contributed by atoms with Crippen molar-refractivity contribution in [1.29, 1.82) is 0 Å². The minimum atomic E-state index is -0.688. The van der Waals surface area contributed by atoms with Crippen LogP contribution in [0.3, 0.4) is 0 Å². The molecule has 0 fully saturated rings. The molecule has 2 aliphatic heterocycles. The SMILES string of the molecule is CCOCCOC(=O)C1=C(C)NC(=O)N[C@@H]1c1cc2c(cc1Br)OCO2. The molecule has 3 rings (SSSR count). The molecule has 1 aromatic rings. The standard InChI is InChI=1S/C17H19BrN2O6/c1-3-23-4-5-24-16(21)14-9(2)19-17(22)20-15(14)10-6-12-13(7-11(10)18)26-8-25-12/h6-7,15H,3-5,8H2,1-2H3,(H2,19,20,22)/t15-/m1/s1. The lowest BCUT2D eigenvalue weighted by atomic mass is 9.95. The molecule has 0 spiro atoms. The third-order valence-electron chi connectivity index (χ3n) is 3.96. The second kappa shape index (κ2) is 7.96. The summed E-state index contributed by atoms with van der Waals surface area (Å²) in [5.74, 6) is 0.629. The zero-order valence-electron chi connectivity index (χ0n) is 14.4. The second-order valence-corrected chi connectivity index (χ2v) is 6.48. The molecular weight excluding hydrogens is 408 g/mol. The Balaban J connectivity index is 1.90. The summed E-state index contributed by atoms with van der Waals surface area (Å²) >= 11 is 3.47. The zero-order chi connectivity index (χ0) is 18.7. The smallest absolute Gasteiger partial charge is 0.338 e. The maximum absolute atomic E-state index is 12.6. The maximum atomic E-state index is 12.6. The predicted molar refractivity (Wildman–Crippen MR) is 94.8 cm³/mol. The Bertz CT molecular complexity index is 764. The first-order valence-electron chi connectivity index (χ1n) is 8.13. The number of amides is 2. The molecule has 1 aromatic carbocycles. The van der Waals surface area contributed by atoms with Crippen LogP contribution in [-0.2, 0) is 14.3 Å². The van der Waals surface area contributed by atoms with E-state index in [1.165, 1.54) is 0 Å². The number of carbonyl (C=O) groups is 2. The summed E-state index contributed by atoms with van der Waals surface area (Å²) in [6, 6.07) is 2.40. The van der Waals surface area contributed by atoms with Crippen molar-refractivity contribution in [1.82, 2.24) is 10.6 Å². The van der Waals surface area contributed by atoms with Gasteiger partial charge in [-0.3, -0.25) is 0 Å². The number of carbonyl (C=O) groups excluding carboxylic acids is 2. The van der Waals surface area contributed by atoms with Crippen LogP contribution in [0.25, 0.3) is 0 Å². The second-order valence-electron chi connectivity index (χ2n) is 5.63. The van der Waals surface area contributed by atoms with Crippen molar-refractivity contribution in [3.63, 3.8) is 0 Å². The van der Waals surface area contributed by atoms with Gasteiger partial charge in [-0.05, 0) is 31.5 Å². The first kappa shape index (κ1) is 18.5. The van der Waals surface area contributed by atoms with Crippen LogP contribution < -0.4 is 20.1 Å². The summed E-state index contributed by atoms with van der Waals surface area (Å²) in [5, 5.41) is 5.37. The predicted octanol–water partition coefficient (Wildman–Crippen LogP) is 2.39. The fourth-order valence-electron chi connectivity index (χ4n) is 2.77. The molecule has 9 heteroatoms. The van der Waals surface area contributed by atoms with Gasteiger partial charge in [0.2, 0.25) is 6.79 Å². The Labute approximate surface area is 158 Å². The number of esters is 1. The molecule has 2 N–H and O–H groups in total. The first-order chi connectivity index (χ1) is 12.5. The van der Waals surface area contributed by atoms with Crippen LogP contribution in [-0.4, -0.2) is 38.6 Å². The molecule has 2 aliphatic rings. The van der Waals surface area contributed by atoms with E-state index in [-0.39, 0.29) is 13.4 Å². The number of halogens is 1. The van der Waals surface area contributed by atoms with Crippen LogP contribution in [0.1, 0.15) is 25.5 Å². The number of fused-ring (bicyclic) bond motifs is 1. The highest BCUT2D eigenvalue weighted by atomic mass is 79.9. The monoisotopic (exact) mass is 426 g/mol. The van der Waals surface area contributed by atoms with E-state index in [2.05, 4.69) is 26.6 Å². The van der Waals surface area contributed by atoms with E-state index in [1.807, 2.05) is 6.92 Å². The Morgan fingerprint density at radius 1 is 1.31 bits per heavy atom. The number of benzene rings is 1. The van der Waals surface area contributed by atoms with Crippen molar-refractivity contribution >= 4 is 27.9 Å². The number of ether oxygens (including phenoxy) is 4. The molecule has 0 aliphatic carbocycles. The highest BCUT2D eigenvalue weighted by Crippen LogP contribution is 2.41. The highest BCUT2D eigenvalue weighted by Gasteiger charge is 2.34. The molecule has 0 aromatic heterocycles. The largest absolute Gasteiger partial charge is 0.460 e. The summed E-state index contributed by atoms with van der Waals surface area (Å²) in [6.45, 7) is 4.64. The summed E-state index contributed by atoms with van der Waals surface area (Å²) < 4.78 is 21.9. The Hall–Kier alpha value is -2.26. The van der Waals surface area contributed by atoms with Crippen LogP contribution in [0.15, 0.2) is 27.9 Å². The molecule has 2 amide bonds. The Kier molecular flexibility index (Phi) is 5.67. The highest BCUT2D eigenvalue weighted by molar-refractivity contribution is 9.10. The average molecular weight is 427 g/mol. The van der Waals surface area contributed by atoms with Gasteiger partial charge in [-0.2, -0.15) is 0 Å². The van der Waals surface area contributed by atoms with Crippen LogP contribution in [0.4, 0.5) is 4.79 Å². The van der Waals surface area contributed by atoms with Gasteiger partial charge in [-0.1, -0.05) is 15.9 Å². The van der Waals surface area contributed by atoms with Gasteiger partial charge in [0.25, 0.3) is 0 Å². The molecule has 0 saturated heterocycles. The van der Waals surface area contributed by atoms with Gasteiger partial charge in [0.05, 0.1) is 18.2 Å². The maximum Gasteiger partial charge on any atom is 0.338 e. The van der Waals surface area contributed by atoms with Crippen molar-refractivity contribution in [2.24, 2.45) is 0 Å². The summed E-state index contributed by atoms with van der Waals surface area (Å²) in [5.41, 5.74) is 1.42. The fraction of sp³-hybridized carbons (Fsp3) is 0.412. The molecule has 2 heterocycles. The van der Waals surface area contributed by atoms with Gasteiger partial charge >= 0.3 is 12.0 Å². The van der Waals surface area contributed by atoms with Gasteiger partial charge < -0.3 is 29.6 Å². The van der Waals surface area contributed by atoms with Crippen LogP contribution >= 0.6 is 15.9 Å². The minimum absolute atomic E-state index is 0.130. The Morgan fingerprint density at radius 3 is 2.77 bits per heavy atom. The van der Waals surface area contributed by atoms with Crippen LogP contribution in [0.2, 0.25) is 0 Å². The van der Waals surface area contributed by atoms with Crippen LogP contribution in [0.5, 0.6) is 11.5 Å². The topological polar surface area (TPSA) is 95.1 Å². The molecule has 8 nitrogen and oxygen atoms in total. The summed E-state index contributed by atoms with van der Waals surface area (Å²) in [4.78, 5) is 24.6. The van der Waals surface area contributed by atoms with E-state index in [9.17, 15) is 9.59 Å². The van der Waals surface area contributed by atoms with E-state index < -0.39 is 18.0 Å². The van der Waals surface area contributed by atoms with Crippen molar-refractivity contribution < 1.29 is 28.5 Å². The lowest BCUT2D eigenvalue weighted by Crippen LogP contribution is -2.45. The number of rotatable bonds is 6. The summed E-state index contributed by atoms with van der Waals surface area (Å²) in [7, 11) is 0. The van der Waals surface area contributed by atoms with Crippen molar-refractivity contribution in [2.75, 3.05) is 26.6 Å². The molecule has 0 radical (unpaired) electrons. The molecule has 1 atom stereocenters. The number of nitrogens with one attached hydrogen (secondary N) is 2. The van der Waals surface area contributed by atoms with E-state index in [1.54, 1.807) is 19.1 Å². The lowest BCUT2D eigenvalue weighted by molar-refractivity contribution is -0.141. The molecule has 0 unspecified atom stereocenters. The van der Waals surface area contributed by atoms with Crippen molar-refractivity contribution in [2.45, 2.75) is 19.9 Å². The molecular formula is C17H19BrN2O6. The van der Waals surface area contributed by atoms with E-state index in [0.29, 0.717) is 46.0 Å². The lowest BCUT2D eigenvalue weighted by Gasteiger charge is -2.28. The quantitative estimate of drug-likeness (QED) is 0.535. The molecule has 0 saturated carbocycles. The normalized spacial score (nSPS) is 18.4. The zero-order valence-corrected chi connectivity index (χ0v) is 16.0. The van der Waals surface area contributed by atoms with Gasteiger partial charge in [0.15, 0.2) is 11.5 Å². The van der Waals surface area contributed by atoms with Crippen molar-refractivity contribution in [3.05, 3.63) is 33.4 Å². The van der Waals surface area contributed by atoms with E-state index >= 15 is 0 Å². The van der Waals surface area contributed by atoms with E-state index in [0.717, 1.165) is 0 Å².